The maximum Gasteiger partial charge on any atom is 0.417 e. The number of phenols is 1. The molecule has 19 heteroatoms. The Balaban J connectivity index is 1.38. The number of carboxylic acids is 1. The Morgan fingerprint density at radius 1 is 0.776 bits per heavy atom. The van der Waals surface area contributed by atoms with Crippen LogP contribution < -0.4 is 32.2 Å². The normalized spacial score (nSPS) is 13.4. The molecule has 1 aromatic heterocycles. The second-order valence-electron chi connectivity index (χ2n) is 13.4. The average molecular weight is 812 g/mol. The minimum Gasteiger partial charge on any atom is -0.508 e. The molecular formula is C39H40F3N5O11. The summed E-state index contributed by atoms with van der Waals surface area (Å²) in [4.78, 5) is 89.2. The summed E-state index contributed by atoms with van der Waals surface area (Å²) in [5.41, 5.74) is -1.93. The van der Waals surface area contributed by atoms with E-state index in [9.17, 15) is 56.9 Å². The van der Waals surface area contributed by atoms with Gasteiger partial charge in [0.05, 0.1) is 12.0 Å². The van der Waals surface area contributed by atoms with Crippen LogP contribution in [0.2, 0.25) is 0 Å². The van der Waals surface area contributed by atoms with Crippen molar-refractivity contribution in [3.63, 3.8) is 0 Å². The summed E-state index contributed by atoms with van der Waals surface area (Å²) in [6.45, 7) is 4.33. The zero-order chi connectivity index (χ0) is 42.7. The molecule has 4 rings (SSSR count). The lowest BCUT2D eigenvalue weighted by Gasteiger charge is -2.27. The van der Waals surface area contributed by atoms with Crippen molar-refractivity contribution in [2.75, 3.05) is 5.32 Å². The molecule has 308 valence electrons. The number of fused-ring (bicyclic) bond motifs is 1. The maximum atomic E-state index is 13.6. The van der Waals surface area contributed by atoms with Gasteiger partial charge in [0.25, 0.3) is 0 Å². The zero-order valence-electron chi connectivity index (χ0n) is 31.2. The molecule has 5 amide bonds. The van der Waals surface area contributed by atoms with Crippen LogP contribution in [-0.4, -0.2) is 70.1 Å². The molecule has 0 aliphatic rings. The number of ether oxygens (including phenoxy) is 1. The van der Waals surface area contributed by atoms with E-state index >= 15 is 0 Å². The number of nitrogens with one attached hydrogen (secondary N) is 5. The molecule has 0 bridgehead atoms. The number of carbonyl (C=O) groups excluding carboxylic acids is 5. The lowest BCUT2D eigenvalue weighted by atomic mass is 10.0. The van der Waals surface area contributed by atoms with Crippen LogP contribution in [0.25, 0.3) is 11.0 Å². The highest BCUT2D eigenvalue weighted by Gasteiger charge is 2.35. The molecule has 0 radical (unpaired) electrons. The molecule has 1 heterocycles. The summed E-state index contributed by atoms with van der Waals surface area (Å²) in [7, 11) is 0. The minimum absolute atomic E-state index is 0.0281. The van der Waals surface area contributed by atoms with Gasteiger partial charge in [-0.1, -0.05) is 56.3 Å². The average Bonchev–Trinajstić information content (AvgIpc) is 3.15. The van der Waals surface area contributed by atoms with E-state index in [4.69, 9.17) is 9.15 Å². The van der Waals surface area contributed by atoms with Gasteiger partial charge in [-0.25, -0.2) is 14.4 Å². The number of benzene rings is 3. The lowest BCUT2D eigenvalue weighted by molar-refractivity contribution is -0.143. The van der Waals surface area contributed by atoms with Crippen molar-refractivity contribution in [3.8, 4) is 5.75 Å². The fourth-order valence-electron chi connectivity index (χ4n) is 5.51. The number of hydrogen-bond acceptors (Lipinski definition) is 10. The van der Waals surface area contributed by atoms with Crippen LogP contribution in [0.4, 0.5) is 23.7 Å². The SMILES string of the molecule is CC(C)[C@@H](NC(=O)[C@@H](Cc1ccc(O)cc1)NC(=O)OCc1ccccc1)C(=O)N[C@H](C)C(=O)N[C@H](CC(=O)Nc1ccc2c(C(F)(F)F)cc(=O)oc2c1)C(=O)O. The minimum atomic E-state index is -4.87. The number of aliphatic carboxylic acids is 1. The number of hydrogen-bond donors (Lipinski definition) is 7. The molecule has 0 aliphatic heterocycles. The van der Waals surface area contributed by atoms with Crippen molar-refractivity contribution < 1.29 is 61.3 Å². The van der Waals surface area contributed by atoms with E-state index < -0.39 is 101 Å². The molecular weight excluding hydrogens is 771 g/mol. The molecule has 0 fully saturated rings. The van der Waals surface area contributed by atoms with Crippen LogP contribution in [0.1, 0.15) is 43.9 Å². The molecule has 0 saturated heterocycles. The van der Waals surface area contributed by atoms with Crippen LogP contribution >= 0.6 is 0 Å². The summed E-state index contributed by atoms with van der Waals surface area (Å²) in [6.07, 6.45) is -6.73. The monoisotopic (exact) mass is 811 g/mol. The van der Waals surface area contributed by atoms with Crippen molar-refractivity contribution >= 4 is 52.3 Å². The number of amides is 5. The van der Waals surface area contributed by atoms with Crippen molar-refractivity contribution in [2.45, 2.75) is 70.6 Å². The number of carboxylic acid groups (broad SMARTS) is 1. The third kappa shape index (κ3) is 12.6. The molecule has 4 aromatic rings. The lowest BCUT2D eigenvalue weighted by Crippen LogP contribution is -2.58. The maximum absolute atomic E-state index is 13.6. The molecule has 0 unspecified atom stereocenters. The van der Waals surface area contributed by atoms with Gasteiger partial charge in [-0.05, 0) is 48.2 Å². The van der Waals surface area contributed by atoms with Gasteiger partial charge in [0.1, 0.15) is 42.1 Å². The van der Waals surface area contributed by atoms with E-state index in [-0.39, 0.29) is 30.5 Å². The molecule has 3 aromatic carbocycles. The zero-order valence-corrected chi connectivity index (χ0v) is 31.2. The van der Waals surface area contributed by atoms with Gasteiger partial charge in [-0.3, -0.25) is 19.2 Å². The molecule has 16 nitrogen and oxygen atoms in total. The molecule has 7 N–H and O–H groups in total. The Bertz CT molecular complexity index is 2200. The van der Waals surface area contributed by atoms with Crippen molar-refractivity contribution in [1.29, 1.82) is 0 Å². The van der Waals surface area contributed by atoms with Gasteiger partial charge in [-0.15, -0.1) is 0 Å². The number of anilines is 1. The Morgan fingerprint density at radius 3 is 2.07 bits per heavy atom. The Morgan fingerprint density at radius 2 is 1.45 bits per heavy atom. The van der Waals surface area contributed by atoms with E-state index in [2.05, 4.69) is 26.6 Å². The third-order valence-corrected chi connectivity index (χ3v) is 8.53. The first kappa shape index (κ1) is 43.8. The first-order valence-corrected chi connectivity index (χ1v) is 17.6. The number of aromatic hydroxyl groups is 1. The molecule has 0 aliphatic carbocycles. The van der Waals surface area contributed by atoms with Gasteiger partial charge in [0.15, 0.2) is 0 Å². The summed E-state index contributed by atoms with van der Waals surface area (Å²) in [5, 5.41) is 30.8. The Hall–Kier alpha value is -6.92. The Labute approximate surface area is 328 Å². The van der Waals surface area contributed by atoms with Gasteiger partial charge in [0, 0.05) is 29.6 Å². The highest BCUT2D eigenvalue weighted by Crippen LogP contribution is 2.34. The van der Waals surface area contributed by atoms with E-state index in [1.165, 1.54) is 31.2 Å². The highest BCUT2D eigenvalue weighted by molar-refractivity contribution is 5.98. The van der Waals surface area contributed by atoms with Crippen LogP contribution in [0.3, 0.4) is 0 Å². The van der Waals surface area contributed by atoms with E-state index in [1.807, 2.05) is 0 Å². The number of carbonyl (C=O) groups is 6. The number of alkyl halides is 3. The Kier molecular flexibility index (Phi) is 14.6. The molecule has 0 spiro atoms. The van der Waals surface area contributed by atoms with Gasteiger partial charge in [0.2, 0.25) is 23.6 Å². The first-order valence-electron chi connectivity index (χ1n) is 17.6. The third-order valence-electron chi connectivity index (χ3n) is 8.53. The van der Waals surface area contributed by atoms with Crippen molar-refractivity contribution in [2.24, 2.45) is 5.92 Å². The standard InChI is InChI=1S/C39H40F3N5O11/c1-20(2)33(47-35(52)28(15-22-9-12-25(48)13-10-22)46-38(56)57-19-23-7-5-4-6-8-23)36(53)43-21(3)34(51)45-29(37(54)55)18-31(49)44-24-11-14-26-27(39(40,41)42)17-32(50)58-30(26)16-24/h4-14,16-17,20-21,28-29,33,48H,15,18-19H2,1-3H3,(H,43,53)(H,44,49)(H,45,51)(H,46,56)(H,47,52)(H,54,55)/t21-,28-,29-,33-/m1/s1. The number of alkyl carbamates (subject to hydrolysis) is 1. The van der Waals surface area contributed by atoms with Gasteiger partial charge < -0.3 is 46.0 Å². The topological polar surface area (TPSA) is 242 Å². The quantitative estimate of drug-likeness (QED) is 0.0807. The van der Waals surface area contributed by atoms with E-state index in [0.29, 0.717) is 11.1 Å². The number of rotatable bonds is 16. The smallest absolute Gasteiger partial charge is 0.417 e. The summed E-state index contributed by atoms with van der Waals surface area (Å²) in [6, 6.07) is 12.1. The summed E-state index contributed by atoms with van der Waals surface area (Å²) < 4.78 is 50.3. The molecule has 0 saturated carbocycles. The van der Waals surface area contributed by atoms with Gasteiger partial charge >= 0.3 is 23.9 Å². The van der Waals surface area contributed by atoms with E-state index in [1.54, 1.807) is 44.2 Å². The number of phenolic OH excluding ortho intramolecular Hbond substituents is 1. The van der Waals surface area contributed by atoms with Crippen LogP contribution in [0, 0.1) is 5.92 Å². The largest absolute Gasteiger partial charge is 0.508 e. The predicted molar refractivity (Wildman–Crippen MR) is 200 cm³/mol. The molecule has 58 heavy (non-hydrogen) atoms. The number of halogens is 3. The predicted octanol–water partition coefficient (Wildman–Crippen LogP) is 3.60. The van der Waals surface area contributed by atoms with Crippen molar-refractivity contribution in [1.82, 2.24) is 21.3 Å². The summed E-state index contributed by atoms with van der Waals surface area (Å²) >= 11 is 0. The summed E-state index contributed by atoms with van der Waals surface area (Å²) in [5.74, 6) is -5.88. The molecule has 4 atom stereocenters. The van der Waals surface area contributed by atoms with Crippen LogP contribution in [0.15, 0.2) is 88.1 Å². The fourth-order valence-corrected chi connectivity index (χ4v) is 5.51. The van der Waals surface area contributed by atoms with Crippen LogP contribution in [0.5, 0.6) is 5.75 Å². The van der Waals surface area contributed by atoms with Gasteiger partial charge in [-0.2, -0.15) is 13.2 Å². The second-order valence-corrected chi connectivity index (χ2v) is 13.4. The van der Waals surface area contributed by atoms with E-state index in [0.717, 1.165) is 18.2 Å². The van der Waals surface area contributed by atoms with Crippen LogP contribution in [-0.2, 0) is 47.9 Å². The second kappa shape index (κ2) is 19.3. The highest BCUT2D eigenvalue weighted by atomic mass is 19.4. The first-order chi connectivity index (χ1) is 27.3. The van der Waals surface area contributed by atoms with Crippen molar-refractivity contribution in [3.05, 3.63) is 106 Å². The fraction of sp³-hybridized carbons (Fsp3) is 0.308.